The van der Waals surface area contributed by atoms with Crippen molar-refractivity contribution in [2.45, 2.75) is 70.4 Å². The van der Waals surface area contributed by atoms with E-state index in [1.807, 2.05) is 6.08 Å². The molecule has 0 aliphatic rings. The largest absolute Gasteiger partial charge is 0.413 e. The molecule has 4 nitrogen and oxygen atoms in total. The van der Waals surface area contributed by atoms with Crippen LogP contribution < -0.4 is 0 Å². The summed E-state index contributed by atoms with van der Waals surface area (Å²) >= 11 is 0. The smallest absolute Gasteiger partial charge is 0.192 e. The fourth-order valence-corrected chi connectivity index (χ4v) is 3.32. The van der Waals surface area contributed by atoms with Crippen LogP contribution in [0.15, 0.2) is 12.7 Å². The second kappa shape index (κ2) is 11.8. The second-order valence-corrected chi connectivity index (χ2v) is 12.2. The average Bonchev–Trinajstić information content (AvgIpc) is 2.45. The molecule has 0 fully saturated rings. The van der Waals surface area contributed by atoms with Crippen LogP contribution in [-0.4, -0.2) is 47.6 Å². The number of terminal acetylenes is 1. The van der Waals surface area contributed by atoms with Crippen LogP contribution in [0.2, 0.25) is 18.1 Å². The van der Waals surface area contributed by atoms with Gasteiger partial charge in [-0.15, -0.1) is 18.9 Å². The van der Waals surface area contributed by atoms with E-state index in [1.165, 1.54) is 0 Å². The molecule has 0 heterocycles. The highest BCUT2D eigenvalue weighted by atomic mass is 28.4. The predicted octanol–water partition coefficient (Wildman–Crippen LogP) is 4.37. The van der Waals surface area contributed by atoms with Crippen LogP contribution in [0.1, 0.15) is 40.0 Å². The predicted molar refractivity (Wildman–Crippen MR) is 103 cm³/mol. The normalized spacial score (nSPS) is 14.9. The quantitative estimate of drug-likeness (QED) is 0.161. The van der Waals surface area contributed by atoms with E-state index in [0.717, 1.165) is 12.8 Å². The fourth-order valence-electron chi connectivity index (χ4n) is 1.95. The van der Waals surface area contributed by atoms with Crippen molar-refractivity contribution in [2.24, 2.45) is 0 Å². The van der Waals surface area contributed by atoms with Gasteiger partial charge >= 0.3 is 0 Å². The third-order valence-corrected chi connectivity index (χ3v) is 8.92. The molecule has 0 saturated carbocycles. The maximum atomic E-state index is 6.49. The first-order chi connectivity index (χ1) is 11.2. The maximum Gasteiger partial charge on any atom is 0.192 e. The van der Waals surface area contributed by atoms with Crippen molar-refractivity contribution in [1.29, 1.82) is 0 Å². The minimum Gasteiger partial charge on any atom is -0.413 e. The van der Waals surface area contributed by atoms with Gasteiger partial charge in [-0.05, 0) is 31.0 Å². The fraction of sp³-hybridized carbons (Fsp3) is 0.789. The van der Waals surface area contributed by atoms with Crippen molar-refractivity contribution in [2.75, 3.05) is 27.1 Å². The summed E-state index contributed by atoms with van der Waals surface area (Å²) in [5.74, 6) is 2.74. The number of ether oxygens (including phenoxy) is 3. The molecule has 0 aliphatic carbocycles. The molecule has 0 aromatic heterocycles. The average molecular weight is 357 g/mol. The molecule has 0 bridgehead atoms. The lowest BCUT2D eigenvalue weighted by molar-refractivity contribution is -0.104. The van der Waals surface area contributed by atoms with Crippen LogP contribution in [0.5, 0.6) is 0 Å². The third kappa shape index (κ3) is 9.60. The Morgan fingerprint density at radius 1 is 1.21 bits per heavy atom. The Morgan fingerprint density at radius 2 is 1.88 bits per heavy atom. The van der Waals surface area contributed by atoms with Crippen LogP contribution in [-0.2, 0) is 18.6 Å². The van der Waals surface area contributed by atoms with Gasteiger partial charge in [0, 0.05) is 13.5 Å². The molecule has 0 N–H and O–H groups in total. The summed E-state index contributed by atoms with van der Waals surface area (Å²) in [6, 6.07) is 0. The molecule has 0 rings (SSSR count). The van der Waals surface area contributed by atoms with Gasteiger partial charge in [0.1, 0.15) is 6.79 Å². The summed E-state index contributed by atoms with van der Waals surface area (Å²) < 4.78 is 22.6. The van der Waals surface area contributed by atoms with Gasteiger partial charge in [-0.2, -0.15) is 0 Å². The van der Waals surface area contributed by atoms with E-state index in [1.54, 1.807) is 7.11 Å². The molecule has 0 aromatic carbocycles. The second-order valence-electron chi connectivity index (χ2n) is 7.48. The van der Waals surface area contributed by atoms with Crippen LogP contribution in [0.3, 0.4) is 0 Å². The summed E-state index contributed by atoms with van der Waals surface area (Å²) in [5, 5.41) is 0.151. The molecule has 0 radical (unpaired) electrons. The molecule has 0 saturated heterocycles. The standard InChI is InChI=1S/C19H36O4Si/c1-9-11-17(22-16-21-14-13-20-6)15-18(12-10-2)23-24(7,8)19(3,4)5/h2,9,17-18H,1,11-16H2,3-8H3/t17-,18+/m1/s1. The van der Waals surface area contributed by atoms with Gasteiger partial charge in [0.05, 0.1) is 25.4 Å². The summed E-state index contributed by atoms with van der Waals surface area (Å²) in [6.45, 7) is 16.3. The molecule has 0 unspecified atom stereocenters. The Hall–Kier alpha value is -0.643. The highest BCUT2D eigenvalue weighted by Gasteiger charge is 2.39. The van der Waals surface area contributed by atoms with Gasteiger partial charge in [-0.25, -0.2) is 0 Å². The van der Waals surface area contributed by atoms with E-state index in [0.29, 0.717) is 19.6 Å². The van der Waals surface area contributed by atoms with Gasteiger partial charge in [-0.1, -0.05) is 26.8 Å². The van der Waals surface area contributed by atoms with Gasteiger partial charge in [0.2, 0.25) is 0 Å². The van der Waals surface area contributed by atoms with Gasteiger partial charge in [0.15, 0.2) is 8.32 Å². The Labute approximate surface area is 150 Å². The molecular weight excluding hydrogens is 320 g/mol. The summed E-state index contributed by atoms with van der Waals surface area (Å²) in [5.41, 5.74) is 0. The van der Waals surface area contributed by atoms with E-state index >= 15 is 0 Å². The molecule has 5 heteroatoms. The lowest BCUT2D eigenvalue weighted by Crippen LogP contribution is -2.44. The zero-order valence-electron chi connectivity index (χ0n) is 16.4. The minimum absolute atomic E-state index is 0.000170. The summed E-state index contributed by atoms with van der Waals surface area (Å²) in [4.78, 5) is 0. The van der Waals surface area contributed by atoms with Crippen molar-refractivity contribution in [3.05, 3.63) is 12.7 Å². The summed E-state index contributed by atoms with van der Waals surface area (Å²) in [7, 11) is -0.222. The Bertz CT molecular complexity index is 382. The van der Waals surface area contributed by atoms with E-state index < -0.39 is 8.32 Å². The van der Waals surface area contributed by atoms with Crippen LogP contribution in [0.25, 0.3) is 0 Å². The highest BCUT2D eigenvalue weighted by molar-refractivity contribution is 6.74. The maximum absolute atomic E-state index is 6.49. The van der Waals surface area contributed by atoms with Crippen molar-refractivity contribution < 1.29 is 18.6 Å². The van der Waals surface area contributed by atoms with E-state index in [4.69, 9.17) is 25.1 Å². The number of hydrogen-bond donors (Lipinski definition) is 0. The van der Waals surface area contributed by atoms with Crippen LogP contribution >= 0.6 is 0 Å². The minimum atomic E-state index is -1.87. The van der Waals surface area contributed by atoms with Crippen LogP contribution in [0.4, 0.5) is 0 Å². The number of rotatable bonds is 13. The number of methoxy groups -OCH3 is 1. The molecular formula is C19H36O4Si. The molecule has 0 aliphatic heterocycles. The Balaban J connectivity index is 4.66. The van der Waals surface area contributed by atoms with Gasteiger partial charge < -0.3 is 18.6 Å². The molecule has 24 heavy (non-hydrogen) atoms. The Morgan fingerprint density at radius 3 is 2.38 bits per heavy atom. The first-order valence-corrected chi connectivity index (χ1v) is 11.5. The lowest BCUT2D eigenvalue weighted by atomic mass is 10.1. The molecule has 0 amide bonds. The van der Waals surface area contributed by atoms with E-state index in [2.05, 4.69) is 46.4 Å². The molecule has 2 atom stereocenters. The molecule has 140 valence electrons. The Kier molecular flexibility index (Phi) is 11.5. The van der Waals surface area contributed by atoms with Gasteiger partial charge in [-0.3, -0.25) is 0 Å². The SMILES string of the molecule is C#CC[C@@H](C[C@@H](CC=C)OCOCCOC)O[Si](C)(C)C(C)(C)C. The number of hydrogen-bond acceptors (Lipinski definition) is 4. The molecule has 0 spiro atoms. The van der Waals surface area contributed by atoms with E-state index in [9.17, 15) is 0 Å². The van der Waals surface area contributed by atoms with Crippen molar-refractivity contribution in [3.63, 3.8) is 0 Å². The summed E-state index contributed by atoms with van der Waals surface area (Å²) in [6.07, 6.45) is 9.48. The lowest BCUT2D eigenvalue weighted by Gasteiger charge is -2.39. The van der Waals surface area contributed by atoms with E-state index in [-0.39, 0.29) is 24.0 Å². The highest BCUT2D eigenvalue weighted by Crippen LogP contribution is 2.38. The van der Waals surface area contributed by atoms with Crippen molar-refractivity contribution in [3.8, 4) is 12.3 Å². The zero-order valence-corrected chi connectivity index (χ0v) is 17.4. The first-order valence-electron chi connectivity index (χ1n) is 8.58. The third-order valence-electron chi connectivity index (χ3n) is 4.39. The van der Waals surface area contributed by atoms with Crippen molar-refractivity contribution >= 4 is 8.32 Å². The zero-order chi connectivity index (χ0) is 18.6. The van der Waals surface area contributed by atoms with Crippen LogP contribution in [0, 0.1) is 12.3 Å². The van der Waals surface area contributed by atoms with Crippen molar-refractivity contribution in [1.82, 2.24) is 0 Å². The first kappa shape index (κ1) is 23.4. The monoisotopic (exact) mass is 356 g/mol. The topological polar surface area (TPSA) is 36.9 Å². The van der Waals surface area contributed by atoms with Gasteiger partial charge in [0.25, 0.3) is 0 Å². The molecule has 0 aromatic rings.